The average Bonchev–Trinajstić information content (AvgIpc) is 3.12. The molecule has 21 heavy (non-hydrogen) atoms. The number of rotatable bonds is 7. The number of carboxylic acids is 1. The highest BCUT2D eigenvalue weighted by Crippen LogP contribution is 2.25. The fourth-order valence-corrected chi connectivity index (χ4v) is 3.31. The van der Waals surface area contributed by atoms with Gasteiger partial charge in [-0.25, -0.2) is 9.78 Å². The molecule has 2 N–H and O–H groups in total. The minimum absolute atomic E-state index is 0.268. The number of aliphatic carboxylic acids is 1. The number of nitrogens with one attached hydrogen (secondary N) is 1. The van der Waals surface area contributed by atoms with E-state index in [0.717, 1.165) is 23.4 Å². The van der Waals surface area contributed by atoms with E-state index in [1.54, 1.807) is 16.7 Å². The van der Waals surface area contributed by atoms with Gasteiger partial charge in [0.2, 0.25) is 0 Å². The molecule has 0 bridgehead atoms. The second-order valence-corrected chi connectivity index (χ2v) is 6.19. The summed E-state index contributed by atoms with van der Waals surface area (Å²) in [6.07, 6.45) is 2.08. The first-order chi connectivity index (χ1) is 10.1. The number of aromatic nitrogens is 1. The van der Waals surface area contributed by atoms with Crippen LogP contribution in [0.5, 0.6) is 0 Å². The lowest BCUT2D eigenvalue weighted by Gasteiger charge is -2.12. The van der Waals surface area contributed by atoms with E-state index < -0.39 is 17.9 Å². The zero-order valence-electron chi connectivity index (χ0n) is 11.5. The molecule has 1 unspecified atom stereocenters. The molecular formula is C14H16N2O3S2. The number of carbonyl (C=O) groups excluding carboxylic acids is 1. The van der Waals surface area contributed by atoms with Gasteiger partial charge in [-0.2, -0.15) is 11.3 Å². The van der Waals surface area contributed by atoms with E-state index in [0.29, 0.717) is 6.42 Å². The number of thiazole rings is 1. The number of hydrogen-bond donors (Lipinski definition) is 2. The third-order valence-electron chi connectivity index (χ3n) is 2.95. The Balaban J connectivity index is 2.04. The Labute approximate surface area is 130 Å². The summed E-state index contributed by atoms with van der Waals surface area (Å²) in [6.45, 7) is 1.98. The quantitative estimate of drug-likeness (QED) is 0.819. The molecule has 2 aromatic heterocycles. The van der Waals surface area contributed by atoms with Crippen molar-refractivity contribution in [3.63, 3.8) is 0 Å². The fourth-order valence-electron chi connectivity index (χ4n) is 1.79. The van der Waals surface area contributed by atoms with Crippen LogP contribution in [0, 0.1) is 0 Å². The van der Waals surface area contributed by atoms with Gasteiger partial charge in [0.25, 0.3) is 5.91 Å². The first kappa shape index (κ1) is 15.7. The average molecular weight is 324 g/mol. The van der Waals surface area contributed by atoms with E-state index in [1.165, 1.54) is 11.3 Å². The van der Waals surface area contributed by atoms with Gasteiger partial charge in [-0.05, 0) is 17.9 Å². The van der Waals surface area contributed by atoms with E-state index in [9.17, 15) is 9.59 Å². The van der Waals surface area contributed by atoms with Crippen LogP contribution in [0.4, 0.5) is 0 Å². The van der Waals surface area contributed by atoms with Crippen molar-refractivity contribution >= 4 is 34.6 Å². The Bertz CT molecular complexity index is 608. The van der Waals surface area contributed by atoms with Crippen molar-refractivity contribution < 1.29 is 14.7 Å². The van der Waals surface area contributed by atoms with Crippen LogP contribution in [0.25, 0.3) is 10.6 Å². The van der Waals surface area contributed by atoms with Crippen LogP contribution in [-0.4, -0.2) is 28.0 Å². The Morgan fingerprint density at radius 3 is 2.86 bits per heavy atom. The number of thiophene rings is 1. The molecule has 112 valence electrons. The van der Waals surface area contributed by atoms with E-state index in [4.69, 9.17) is 5.11 Å². The standard InChI is InChI=1S/C14H16N2O3S2/c1-2-3-4-10(14(18)19)15-12(17)11-8-21-13(16-11)9-5-6-20-7-9/h5-8,10H,2-4H2,1H3,(H,15,17)(H,18,19). The summed E-state index contributed by atoms with van der Waals surface area (Å²) in [4.78, 5) is 27.5. The van der Waals surface area contributed by atoms with E-state index in [1.807, 2.05) is 23.8 Å². The highest BCUT2D eigenvalue weighted by Gasteiger charge is 2.21. The van der Waals surface area contributed by atoms with E-state index in [-0.39, 0.29) is 5.69 Å². The molecule has 0 radical (unpaired) electrons. The molecule has 0 aliphatic carbocycles. The molecule has 0 saturated carbocycles. The van der Waals surface area contributed by atoms with Gasteiger partial charge >= 0.3 is 5.97 Å². The van der Waals surface area contributed by atoms with Crippen molar-refractivity contribution in [2.45, 2.75) is 32.2 Å². The molecular weight excluding hydrogens is 308 g/mol. The molecule has 2 heterocycles. The maximum absolute atomic E-state index is 12.1. The van der Waals surface area contributed by atoms with Gasteiger partial charge in [0.1, 0.15) is 16.7 Å². The van der Waals surface area contributed by atoms with Crippen LogP contribution in [0.15, 0.2) is 22.2 Å². The molecule has 0 spiro atoms. The third kappa shape index (κ3) is 4.12. The van der Waals surface area contributed by atoms with Gasteiger partial charge in [-0.3, -0.25) is 4.79 Å². The number of hydrogen-bond acceptors (Lipinski definition) is 5. The van der Waals surface area contributed by atoms with Gasteiger partial charge in [0.15, 0.2) is 0 Å². The summed E-state index contributed by atoms with van der Waals surface area (Å²) < 4.78 is 0. The zero-order valence-corrected chi connectivity index (χ0v) is 13.2. The van der Waals surface area contributed by atoms with Crippen LogP contribution in [0.3, 0.4) is 0 Å². The van der Waals surface area contributed by atoms with Crippen LogP contribution in [-0.2, 0) is 4.79 Å². The summed E-state index contributed by atoms with van der Waals surface area (Å²) in [6, 6.07) is 1.08. The molecule has 0 saturated heterocycles. The molecule has 2 rings (SSSR count). The maximum Gasteiger partial charge on any atom is 0.326 e. The van der Waals surface area contributed by atoms with Crippen molar-refractivity contribution in [3.8, 4) is 10.6 Å². The van der Waals surface area contributed by atoms with Gasteiger partial charge in [0.05, 0.1) is 0 Å². The van der Waals surface area contributed by atoms with Crippen LogP contribution in [0.2, 0.25) is 0 Å². The normalized spacial score (nSPS) is 12.0. The minimum Gasteiger partial charge on any atom is -0.480 e. The third-order valence-corrected chi connectivity index (χ3v) is 4.53. The summed E-state index contributed by atoms with van der Waals surface area (Å²) in [5.41, 5.74) is 1.24. The van der Waals surface area contributed by atoms with Crippen molar-refractivity contribution in [1.82, 2.24) is 10.3 Å². The van der Waals surface area contributed by atoms with Crippen molar-refractivity contribution in [2.24, 2.45) is 0 Å². The molecule has 7 heteroatoms. The largest absolute Gasteiger partial charge is 0.480 e. The molecule has 0 aliphatic heterocycles. The van der Waals surface area contributed by atoms with E-state index in [2.05, 4.69) is 10.3 Å². The SMILES string of the molecule is CCCCC(NC(=O)c1csc(-c2ccsc2)n1)C(=O)O. The first-order valence-corrected chi connectivity index (χ1v) is 8.45. The van der Waals surface area contributed by atoms with Gasteiger partial charge in [0, 0.05) is 16.3 Å². The number of carbonyl (C=O) groups is 2. The van der Waals surface area contributed by atoms with Gasteiger partial charge in [-0.15, -0.1) is 11.3 Å². The highest BCUT2D eigenvalue weighted by atomic mass is 32.1. The zero-order chi connectivity index (χ0) is 15.2. The smallest absolute Gasteiger partial charge is 0.326 e. The summed E-state index contributed by atoms with van der Waals surface area (Å²) in [5.74, 6) is -1.44. The predicted octanol–water partition coefficient (Wildman–Crippen LogP) is 3.24. The second-order valence-electron chi connectivity index (χ2n) is 4.56. The monoisotopic (exact) mass is 324 g/mol. The predicted molar refractivity (Wildman–Crippen MR) is 83.8 cm³/mol. The number of amides is 1. The number of unbranched alkanes of at least 4 members (excludes halogenated alkanes) is 1. The lowest BCUT2D eigenvalue weighted by atomic mass is 10.1. The Morgan fingerprint density at radius 2 is 2.24 bits per heavy atom. The highest BCUT2D eigenvalue weighted by molar-refractivity contribution is 7.14. The lowest BCUT2D eigenvalue weighted by molar-refractivity contribution is -0.139. The number of carboxylic acid groups (broad SMARTS) is 1. The van der Waals surface area contributed by atoms with Crippen molar-refractivity contribution in [2.75, 3.05) is 0 Å². The Hall–Kier alpha value is -1.73. The van der Waals surface area contributed by atoms with Crippen LogP contribution >= 0.6 is 22.7 Å². The Kier molecular flexibility index (Phi) is 5.46. The Morgan fingerprint density at radius 1 is 1.43 bits per heavy atom. The summed E-state index contributed by atoms with van der Waals surface area (Å²) in [7, 11) is 0. The van der Waals surface area contributed by atoms with E-state index >= 15 is 0 Å². The molecule has 1 atom stereocenters. The van der Waals surface area contributed by atoms with Gasteiger partial charge < -0.3 is 10.4 Å². The molecule has 5 nitrogen and oxygen atoms in total. The summed E-state index contributed by atoms with van der Waals surface area (Å²) in [5, 5.41) is 18.0. The van der Waals surface area contributed by atoms with Gasteiger partial charge in [-0.1, -0.05) is 19.8 Å². The lowest BCUT2D eigenvalue weighted by Crippen LogP contribution is -2.40. The van der Waals surface area contributed by atoms with Crippen LogP contribution < -0.4 is 5.32 Å². The molecule has 2 aromatic rings. The molecule has 0 fully saturated rings. The summed E-state index contributed by atoms with van der Waals surface area (Å²) >= 11 is 2.94. The molecule has 1 amide bonds. The minimum atomic E-state index is -1.01. The first-order valence-electron chi connectivity index (χ1n) is 6.63. The maximum atomic E-state index is 12.1. The topological polar surface area (TPSA) is 79.3 Å². The second kappa shape index (κ2) is 7.33. The molecule has 0 aromatic carbocycles. The van der Waals surface area contributed by atoms with Crippen LogP contribution in [0.1, 0.15) is 36.7 Å². The fraction of sp³-hybridized carbons (Fsp3) is 0.357. The van der Waals surface area contributed by atoms with Crippen molar-refractivity contribution in [3.05, 3.63) is 27.9 Å². The number of nitrogens with zero attached hydrogens (tertiary/aromatic N) is 1. The molecule has 0 aliphatic rings. The van der Waals surface area contributed by atoms with Crippen molar-refractivity contribution in [1.29, 1.82) is 0 Å².